The summed E-state index contributed by atoms with van der Waals surface area (Å²) < 4.78 is 49.8. The molecule has 2 heterocycles. The number of nitrogens with zero attached hydrogens (tertiary/aromatic N) is 2. The minimum atomic E-state index is -3.78. The zero-order chi connectivity index (χ0) is 15.8. The molecule has 1 aliphatic heterocycles. The van der Waals surface area contributed by atoms with Crippen LogP contribution in [0, 0.1) is 0 Å². The van der Waals surface area contributed by atoms with Crippen LogP contribution in [0.1, 0.15) is 9.67 Å². The number of rotatable bonds is 4. The van der Waals surface area contributed by atoms with Gasteiger partial charge in [-0.05, 0) is 12.1 Å². The lowest BCUT2D eigenvalue weighted by Crippen LogP contribution is -2.50. The van der Waals surface area contributed by atoms with Crippen molar-refractivity contribution < 1.29 is 26.7 Å². The van der Waals surface area contributed by atoms with E-state index >= 15 is 0 Å². The molecule has 0 atom stereocenters. The molecule has 1 aliphatic rings. The number of thiophene rings is 1. The van der Waals surface area contributed by atoms with Gasteiger partial charge in [0, 0.05) is 26.2 Å². The molecule has 1 aromatic heterocycles. The molecule has 0 unspecified atom stereocenters. The number of sulfonamides is 2. The second-order valence-electron chi connectivity index (χ2n) is 4.49. The van der Waals surface area contributed by atoms with Gasteiger partial charge in [0.2, 0.25) is 10.0 Å². The fraction of sp³-hybridized carbons (Fsp3) is 0.500. The average molecular weight is 354 g/mol. The molecule has 21 heavy (non-hydrogen) atoms. The van der Waals surface area contributed by atoms with Crippen LogP contribution in [0.2, 0.25) is 0 Å². The highest BCUT2D eigenvalue weighted by Gasteiger charge is 2.32. The van der Waals surface area contributed by atoms with Crippen molar-refractivity contribution >= 4 is 37.4 Å². The molecule has 0 saturated carbocycles. The van der Waals surface area contributed by atoms with Gasteiger partial charge in [-0.3, -0.25) is 0 Å². The van der Waals surface area contributed by atoms with Crippen molar-refractivity contribution in [1.29, 1.82) is 0 Å². The average Bonchev–Trinajstić information content (AvgIpc) is 2.88. The third kappa shape index (κ3) is 3.43. The van der Waals surface area contributed by atoms with Crippen molar-refractivity contribution in [2.45, 2.75) is 4.21 Å². The van der Waals surface area contributed by atoms with Gasteiger partial charge in [-0.25, -0.2) is 21.6 Å². The van der Waals surface area contributed by atoms with Gasteiger partial charge in [0.1, 0.15) is 9.09 Å². The summed E-state index contributed by atoms with van der Waals surface area (Å²) in [7, 11) is -7.11. The number of piperazine rings is 1. The fourth-order valence-corrected chi connectivity index (χ4v) is 5.49. The third-order valence-electron chi connectivity index (χ3n) is 3.05. The molecule has 11 heteroatoms. The molecule has 1 aromatic rings. The molecule has 118 valence electrons. The summed E-state index contributed by atoms with van der Waals surface area (Å²) in [4.78, 5) is 10.7. The smallest absolute Gasteiger partial charge is 0.345 e. The van der Waals surface area contributed by atoms with Crippen LogP contribution < -0.4 is 0 Å². The van der Waals surface area contributed by atoms with Gasteiger partial charge < -0.3 is 5.11 Å². The topological polar surface area (TPSA) is 112 Å². The number of carboxylic acid groups (broad SMARTS) is 1. The Morgan fingerprint density at radius 2 is 1.62 bits per heavy atom. The molecule has 0 spiro atoms. The molecule has 8 nitrogen and oxygen atoms in total. The largest absolute Gasteiger partial charge is 0.477 e. The number of hydrogen-bond donors (Lipinski definition) is 1. The molecule has 2 rings (SSSR count). The molecule has 1 fully saturated rings. The Morgan fingerprint density at radius 3 is 2.05 bits per heavy atom. The zero-order valence-corrected chi connectivity index (χ0v) is 13.5. The summed E-state index contributed by atoms with van der Waals surface area (Å²) in [6, 6.07) is 2.50. The number of carboxylic acids is 1. The van der Waals surface area contributed by atoms with E-state index in [1.54, 1.807) is 0 Å². The van der Waals surface area contributed by atoms with E-state index < -0.39 is 26.0 Å². The van der Waals surface area contributed by atoms with E-state index in [-0.39, 0.29) is 35.3 Å². The fourth-order valence-electron chi connectivity index (χ4n) is 1.94. The first kappa shape index (κ1) is 16.4. The predicted molar refractivity (Wildman–Crippen MR) is 76.5 cm³/mol. The molecule has 0 amide bonds. The highest BCUT2D eigenvalue weighted by atomic mass is 32.2. The van der Waals surface area contributed by atoms with Crippen LogP contribution in [0.15, 0.2) is 16.3 Å². The van der Waals surface area contributed by atoms with Crippen molar-refractivity contribution in [3.8, 4) is 0 Å². The van der Waals surface area contributed by atoms with Gasteiger partial charge in [0.25, 0.3) is 10.0 Å². The third-order valence-corrected chi connectivity index (χ3v) is 7.80. The zero-order valence-electron chi connectivity index (χ0n) is 11.1. The Balaban J connectivity index is 2.16. The molecule has 0 radical (unpaired) electrons. The standard InChI is InChI=1S/C10H14N2O6S3/c1-20(15,16)11-4-6-12(7-5-11)21(17,18)9-3-2-8(19-9)10(13)14/h2-3H,4-7H2,1H3,(H,13,14). The normalized spacial score (nSPS) is 18.7. The second-order valence-corrected chi connectivity index (χ2v) is 9.72. The Hall–Kier alpha value is -1.01. The molecular formula is C10H14N2O6S3. The van der Waals surface area contributed by atoms with Crippen molar-refractivity contribution in [3.63, 3.8) is 0 Å². The van der Waals surface area contributed by atoms with Gasteiger partial charge >= 0.3 is 5.97 Å². The van der Waals surface area contributed by atoms with Crippen LogP contribution >= 0.6 is 11.3 Å². The van der Waals surface area contributed by atoms with Gasteiger partial charge in [-0.1, -0.05) is 0 Å². The minimum Gasteiger partial charge on any atom is -0.477 e. The van der Waals surface area contributed by atoms with E-state index in [2.05, 4.69) is 0 Å². The monoisotopic (exact) mass is 354 g/mol. The summed E-state index contributed by atoms with van der Waals surface area (Å²) >= 11 is 0.687. The summed E-state index contributed by atoms with van der Waals surface area (Å²) in [6.45, 7) is 0.288. The first-order chi connectivity index (χ1) is 9.62. The van der Waals surface area contributed by atoms with Gasteiger partial charge in [-0.2, -0.15) is 8.61 Å². The molecular weight excluding hydrogens is 340 g/mol. The molecule has 0 aromatic carbocycles. The van der Waals surface area contributed by atoms with E-state index in [4.69, 9.17) is 5.11 Å². The van der Waals surface area contributed by atoms with Gasteiger partial charge in [0.05, 0.1) is 6.26 Å². The Morgan fingerprint density at radius 1 is 1.10 bits per heavy atom. The lowest BCUT2D eigenvalue weighted by molar-refractivity contribution is 0.0702. The molecule has 1 saturated heterocycles. The van der Waals surface area contributed by atoms with Crippen LogP contribution in [0.3, 0.4) is 0 Å². The van der Waals surface area contributed by atoms with E-state index in [1.165, 1.54) is 20.7 Å². The lowest BCUT2D eigenvalue weighted by Gasteiger charge is -2.32. The van der Waals surface area contributed by atoms with E-state index in [1.807, 2.05) is 0 Å². The second kappa shape index (κ2) is 5.65. The number of hydrogen-bond acceptors (Lipinski definition) is 6. The molecule has 1 N–H and O–H groups in total. The number of carbonyl (C=O) groups is 1. The summed E-state index contributed by atoms with van der Waals surface area (Å²) in [5.74, 6) is -1.18. The maximum atomic E-state index is 12.4. The van der Waals surface area contributed by atoms with Crippen LogP contribution in [0.5, 0.6) is 0 Å². The highest BCUT2D eigenvalue weighted by molar-refractivity contribution is 7.91. The quantitative estimate of drug-likeness (QED) is 0.795. The van der Waals surface area contributed by atoms with Crippen LogP contribution in [0.25, 0.3) is 0 Å². The van der Waals surface area contributed by atoms with Crippen molar-refractivity contribution in [1.82, 2.24) is 8.61 Å². The van der Waals surface area contributed by atoms with E-state index in [0.29, 0.717) is 11.3 Å². The van der Waals surface area contributed by atoms with E-state index in [9.17, 15) is 21.6 Å². The summed E-state index contributed by atoms with van der Waals surface area (Å²) in [5.41, 5.74) is 0. The summed E-state index contributed by atoms with van der Waals surface area (Å²) in [5, 5.41) is 8.83. The van der Waals surface area contributed by atoms with Gasteiger partial charge in [0.15, 0.2) is 0 Å². The SMILES string of the molecule is CS(=O)(=O)N1CCN(S(=O)(=O)c2ccc(C(=O)O)s2)CC1. The first-order valence-electron chi connectivity index (χ1n) is 5.91. The van der Waals surface area contributed by atoms with Crippen molar-refractivity contribution in [3.05, 3.63) is 17.0 Å². The Kier molecular flexibility index (Phi) is 4.40. The first-order valence-corrected chi connectivity index (χ1v) is 10.0. The van der Waals surface area contributed by atoms with Crippen molar-refractivity contribution in [2.75, 3.05) is 32.4 Å². The highest BCUT2D eigenvalue weighted by Crippen LogP contribution is 2.26. The van der Waals surface area contributed by atoms with E-state index in [0.717, 1.165) is 6.26 Å². The van der Waals surface area contributed by atoms with Crippen molar-refractivity contribution in [2.24, 2.45) is 0 Å². The molecule has 0 bridgehead atoms. The maximum absolute atomic E-state index is 12.4. The van der Waals surface area contributed by atoms with Crippen LogP contribution in [-0.4, -0.2) is 69.0 Å². The van der Waals surface area contributed by atoms with Crippen LogP contribution in [-0.2, 0) is 20.0 Å². The maximum Gasteiger partial charge on any atom is 0.345 e. The number of aromatic carboxylic acids is 1. The Bertz CT molecular complexity index is 744. The minimum absolute atomic E-state index is 0.0484. The Labute approximate surface area is 126 Å². The lowest BCUT2D eigenvalue weighted by atomic mass is 10.4. The summed E-state index contributed by atoms with van der Waals surface area (Å²) in [6.07, 6.45) is 1.08. The molecule has 0 aliphatic carbocycles. The predicted octanol–water partition coefficient (Wildman–Crippen LogP) is -0.288. The van der Waals surface area contributed by atoms with Gasteiger partial charge in [-0.15, -0.1) is 11.3 Å². The van der Waals surface area contributed by atoms with Crippen LogP contribution in [0.4, 0.5) is 0 Å².